The highest BCUT2D eigenvalue weighted by Gasteiger charge is 2.45. The van der Waals surface area contributed by atoms with Crippen LogP contribution in [-0.2, 0) is 36.8 Å². The number of hydrogen-bond acceptors (Lipinski definition) is 8. The van der Waals surface area contributed by atoms with Crippen LogP contribution < -0.4 is 49.1 Å². The number of carbonyl (C=O) groups is 7. The minimum atomic E-state index is -1.52. The van der Waals surface area contributed by atoms with Crippen molar-refractivity contribution >= 4 is 58.2 Å². The maximum Gasteiger partial charge on any atom is 0.252 e. The predicted octanol–water partition coefficient (Wildman–Crippen LogP) is 2.87. The van der Waals surface area contributed by atoms with Crippen LogP contribution in [0.2, 0.25) is 0 Å². The molecule has 2 aliphatic rings. The number of aliphatic imine (C=N–C) groups is 1. The lowest BCUT2D eigenvalue weighted by molar-refractivity contribution is -0.136. The van der Waals surface area contributed by atoms with Crippen LogP contribution in [0, 0.1) is 0 Å². The molecule has 0 saturated heterocycles. The van der Waals surface area contributed by atoms with E-state index in [1.54, 1.807) is 42.6 Å². The summed E-state index contributed by atoms with van der Waals surface area (Å²) in [6.45, 7) is 0.275. The van der Waals surface area contributed by atoms with Gasteiger partial charge in [0.1, 0.15) is 29.7 Å². The molecule has 7 amide bonds. The number of nitrogens with one attached hydrogen (secondary N) is 7. The summed E-state index contributed by atoms with van der Waals surface area (Å²) in [6.07, 6.45) is 4.28. The van der Waals surface area contributed by atoms with E-state index in [9.17, 15) is 28.8 Å². The summed E-state index contributed by atoms with van der Waals surface area (Å²) in [5.74, 6) is -4.78. The molecule has 4 atom stereocenters. The van der Waals surface area contributed by atoms with E-state index in [2.05, 4.69) is 41.9 Å². The molecule has 1 fully saturated rings. The molecule has 0 radical (unpaired) electrons. The minimum Gasteiger partial charge on any atom is -0.370 e. The smallest absolute Gasteiger partial charge is 0.252 e. The van der Waals surface area contributed by atoms with Gasteiger partial charge in [0.2, 0.25) is 29.5 Å². The van der Waals surface area contributed by atoms with Crippen molar-refractivity contribution in [1.82, 2.24) is 36.9 Å². The summed E-state index contributed by atoms with van der Waals surface area (Å²) in [5, 5.41) is 18.1. The van der Waals surface area contributed by atoms with E-state index in [1.165, 1.54) is 12.1 Å². The largest absolute Gasteiger partial charge is 0.370 e. The van der Waals surface area contributed by atoms with Crippen LogP contribution in [0.1, 0.15) is 101 Å². The molecule has 18 heteroatoms. The van der Waals surface area contributed by atoms with E-state index in [1.807, 2.05) is 60.7 Å². The Kier molecular flexibility index (Phi) is 17.2. The molecular formula is C53H63N11O7. The number of H-pyrrole nitrogens is 1. The van der Waals surface area contributed by atoms with Gasteiger partial charge in [-0.1, -0.05) is 91.0 Å². The highest BCUT2D eigenvalue weighted by Crippen LogP contribution is 2.39. The van der Waals surface area contributed by atoms with E-state index in [-0.39, 0.29) is 81.0 Å². The van der Waals surface area contributed by atoms with Crippen molar-refractivity contribution < 1.29 is 33.6 Å². The lowest BCUT2D eigenvalue weighted by Crippen LogP contribution is -2.64. The van der Waals surface area contributed by atoms with Crippen LogP contribution in [0.4, 0.5) is 0 Å². The summed E-state index contributed by atoms with van der Waals surface area (Å²) in [5.41, 5.74) is 19.0. The maximum atomic E-state index is 15.1. The van der Waals surface area contributed by atoms with Gasteiger partial charge in [0.15, 0.2) is 5.96 Å². The fourth-order valence-corrected chi connectivity index (χ4v) is 9.47. The Bertz CT molecular complexity index is 2710. The van der Waals surface area contributed by atoms with Crippen molar-refractivity contribution in [1.29, 1.82) is 0 Å². The summed E-state index contributed by atoms with van der Waals surface area (Å²) < 4.78 is 0. The Morgan fingerprint density at radius 1 is 0.634 bits per heavy atom. The van der Waals surface area contributed by atoms with Gasteiger partial charge in [-0.25, -0.2) is 0 Å². The van der Waals surface area contributed by atoms with Crippen LogP contribution in [0.25, 0.3) is 10.9 Å². The number of aromatic nitrogens is 1. The van der Waals surface area contributed by atoms with E-state index >= 15 is 4.79 Å². The molecule has 71 heavy (non-hydrogen) atoms. The number of guanidine groups is 1. The van der Waals surface area contributed by atoms with Crippen LogP contribution >= 0.6 is 0 Å². The van der Waals surface area contributed by atoms with Crippen molar-refractivity contribution in [3.8, 4) is 0 Å². The first kappa shape index (κ1) is 50.8. The van der Waals surface area contributed by atoms with Crippen molar-refractivity contribution in [2.75, 3.05) is 13.1 Å². The molecule has 1 saturated carbocycles. The van der Waals surface area contributed by atoms with Gasteiger partial charge in [0, 0.05) is 43.0 Å². The monoisotopic (exact) mass is 965 g/mol. The molecule has 1 unspecified atom stereocenters. The number of nitrogens with two attached hydrogens (primary N) is 3. The van der Waals surface area contributed by atoms with Gasteiger partial charge < -0.3 is 54.1 Å². The number of aromatic amines is 1. The fourth-order valence-electron chi connectivity index (χ4n) is 9.47. The fraction of sp³-hybridized carbons (Fsp3) is 0.358. The first-order valence-electron chi connectivity index (χ1n) is 24.2. The van der Waals surface area contributed by atoms with Crippen molar-refractivity contribution in [2.24, 2.45) is 22.2 Å². The van der Waals surface area contributed by atoms with Gasteiger partial charge in [-0.3, -0.25) is 38.6 Å². The van der Waals surface area contributed by atoms with Crippen molar-refractivity contribution in [3.05, 3.63) is 143 Å². The van der Waals surface area contributed by atoms with Gasteiger partial charge in [0.05, 0.1) is 11.1 Å². The number of hydrogen-bond donors (Lipinski definition) is 10. The van der Waals surface area contributed by atoms with Gasteiger partial charge in [0.25, 0.3) is 11.8 Å². The van der Waals surface area contributed by atoms with Crippen molar-refractivity contribution in [2.45, 2.75) is 106 Å². The number of nitrogens with zero attached hydrogens (tertiary/aromatic N) is 1. The molecule has 1 spiro atoms. The molecule has 1 aromatic heterocycles. The van der Waals surface area contributed by atoms with E-state index in [0.29, 0.717) is 36.8 Å². The lowest BCUT2D eigenvalue weighted by Gasteiger charge is -2.40. The van der Waals surface area contributed by atoms with Crippen LogP contribution in [0.15, 0.2) is 120 Å². The summed E-state index contributed by atoms with van der Waals surface area (Å²) in [6, 6.07) is 27.8. The Morgan fingerprint density at radius 2 is 1.24 bits per heavy atom. The Balaban J connectivity index is 1.26. The van der Waals surface area contributed by atoms with Crippen LogP contribution in [0.5, 0.6) is 0 Å². The third-order valence-corrected chi connectivity index (χ3v) is 13.4. The summed E-state index contributed by atoms with van der Waals surface area (Å²) >= 11 is 0. The first-order valence-corrected chi connectivity index (χ1v) is 24.2. The van der Waals surface area contributed by atoms with Crippen molar-refractivity contribution in [3.63, 3.8) is 0 Å². The summed E-state index contributed by atoms with van der Waals surface area (Å²) in [7, 11) is 0. The Labute approximate surface area is 412 Å². The molecule has 4 aromatic carbocycles. The second kappa shape index (κ2) is 24.0. The molecule has 1 aliphatic carbocycles. The number of rotatable bonds is 10. The maximum absolute atomic E-state index is 15.1. The van der Waals surface area contributed by atoms with E-state index < -0.39 is 71.1 Å². The molecule has 7 rings (SSSR count). The molecule has 2 heterocycles. The third-order valence-electron chi connectivity index (χ3n) is 13.4. The molecule has 18 nitrogen and oxygen atoms in total. The minimum absolute atomic E-state index is 0.000520. The number of carbonyl (C=O) groups excluding carboxylic acids is 7. The zero-order valence-electron chi connectivity index (χ0n) is 39.6. The second-order valence-corrected chi connectivity index (χ2v) is 18.3. The topological polar surface area (TPSA) is 298 Å². The molecule has 1 aliphatic heterocycles. The molecule has 5 aromatic rings. The van der Waals surface area contributed by atoms with Gasteiger partial charge in [-0.2, -0.15) is 0 Å². The van der Waals surface area contributed by atoms with E-state index in [0.717, 1.165) is 16.5 Å². The second-order valence-electron chi connectivity index (χ2n) is 18.3. The average molecular weight is 966 g/mol. The normalized spacial score (nSPS) is 23.2. The van der Waals surface area contributed by atoms with Crippen LogP contribution in [-0.4, -0.2) is 95.1 Å². The van der Waals surface area contributed by atoms with E-state index in [4.69, 9.17) is 17.2 Å². The zero-order chi connectivity index (χ0) is 50.3. The lowest BCUT2D eigenvalue weighted by atomic mass is 9.73. The molecule has 13 N–H and O–H groups in total. The quantitative estimate of drug-likeness (QED) is 0.0559. The average Bonchev–Trinajstić information content (AvgIpc) is 3.78. The number of primary amides is 1. The molecule has 372 valence electrons. The molecule has 0 bridgehead atoms. The van der Waals surface area contributed by atoms with Gasteiger partial charge >= 0.3 is 0 Å². The Hall–Kier alpha value is -8.02. The highest BCUT2D eigenvalue weighted by molar-refractivity contribution is 6.09. The number of fused-ring (bicyclic) bond motifs is 2. The first-order chi connectivity index (χ1) is 34.3. The number of amides is 7. The standard InChI is InChI=1S/C53H63N11O7/c54-45(65)41-22-11-12-28-57-46(66)38-19-7-8-20-39(38)47(67)64-53(26-24-35(25-27-53)34-16-5-2-6-17-34)51(71)63-43(30-33-14-3-1-4-15-33)49(69)61-42(23-13-29-58-52(55)56)48(68)62-44(50(70)60-41)31-36-32-59-40-21-10-9-18-37(36)40/h1-10,14-21,32,35,41-44,59H,11-13,22-31H2,(H2,54,65)(H,57,66)(H,60,70)(H,61,69)(H,62,68)(H,63,71)(H,64,67)(H4,55,56,58)/t35?,41?,42-,43+,44-,53?/m0/s1. The summed E-state index contributed by atoms with van der Waals surface area (Å²) in [4.78, 5) is 107. The van der Waals surface area contributed by atoms with Gasteiger partial charge in [-0.15, -0.1) is 0 Å². The van der Waals surface area contributed by atoms with Crippen LogP contribution in [0.3, 0.4) is 0 Å². The third kappa shape index (κ3) is 13.4. The molecular weight excluding hydrogens is 903 g/mol. The SMILES string of the molecule is NC(=O)C1CCCCNC(=O)c2ccccc2C(=O)NC2(CCC(c3ccccc3)CC2)C(=O)N[C@H](Cc2ccccc2)C(=O)N[C@@H](CCCN=C(N)N)C(=O)N[C@@H](Cc2c[nH]c3ccccc23)C(=O)N1. The zero-order valence-corrected chi connectivity index (χ0v) is 39.6. The predicted molar refractivity (Wildman–Crippen MR) is 269 cm³/mol. The van der Waals surface area contributed by atoms with Gasteiger partial charge in [-0.05, 0) is 98.6 Å². The number of para-hydroxylation sites is 1. The highest BCUT2D eigenvalue weighted by atomic mass is 16.2. The number of benzene rings is 4. The Morgan fingerprint density at radius 3 is 1.94 bits per heavy atom.